The molecule has 2 aromatic carbocycles. The van der Waals surface area contributed by atoms with Crippen molar-refractivity contribution >= 4 is 23.6 Å². The van der Waals surface area contributed by atoms with Crippen molar-refractivity contribution in [2.45, 2.75) is 12.5 Å². The van der Waals surface area contributed by atoms with Crippen molar-refractivity contribution in [3.8, 4) is 17.2 Å². The first-order valence-electron chi connectivity index (χ1n) is 9.19. The second kappa shape index (κ2) is 9.14. The van der Waals surface area contributed by atoms with Crippen LogP contribution < -0.4 is 24.4 Å². The van der Waals surface area contributed by atoms with E-state index >= 15 is 0 Å². The minimum absolute atomic E-state index is 0.0238. The molecule has 1 saturated heterocycles. The van der Waals surface area contributed by atoms with E-state index in [9.17, 15) is 9.59 Å². The summed E-state index contributed by atoms with van der Waals surface area (Å²) in [7, 11) is 4.72. The van der Waals surface area contributed by atoms with Crippen molar-refractivity contribution in [1.29, 1.82) is 0 Å². The topological polar surface area (TPSA) is 77.1 Å². The van der Waals surface area contributed by atoms with Gasteiger partial charge in [0.2, 0.25) is 11.8 Å². The Hall–Kier alpha value is -3.48. The number of nitrogens with one attached hydrogen (secondary N) is 1. The lowest BCUT2D eigenvalue weighted by Crippen LogP contribution is -2.36. The molecular weight excluding hydrogens is 372 g/mol. The first-order valence-corrected chi connectivity index (χ1v) is 9.19. The summed E-state index contributed by atoms with van der Waals surface area (Å²) in [5.41, 5.74) is 1.59. The number of methoxy groups -OCH3 is 3. The van der Waals surface area contributed by atoms with E-state index in [1.807, 2.05) is 18.2 Å². The lowest BCUT2D eigenvalue weighted by molar-refractivity contribution is -0.117. The number of amides is 2. The molecule has 3 rings (SSSR count). The summed E-state index contributed by atoms with van der Waals surface area (Å²) in [6.45, 7) is 0.432. The highest BCUT2D eigenvalue weighted by Gasteiger charge is 2.31. The van der Waals surface area contributed by atoms with E-state index in [0.717, 1.165) is 17.0 Å². The molecule has 1 heterocycles. The van der Waals surface area contributed by atoms with E-state index in [1.165, 1.54) is 6.08 Å². The zero-order chi connectivity index (χ0) is 20.8. The normalized spacial score (nSPS) is 16.2. The highest BCUT2D eigenvalue weighted by Crippen LogP contribution is 2.28. The number of carbonyl (C=O) groups excluding carboxylic acids is 2. The third-order valence-corrected chi connectivity index (χ3v) is 4.69. The zero-order valence-electron chi connectivity index (χ0n) is 16.7. The highest BCUT2D eigenvalue weighted by molar-refractivity contribution is 5.98. The summed E-state index contributed by atoms with van der Waals surface area (Å²) < 4.78 is 15.6. The molecule has 2 amide bonds. The summed E-state index contributed by atoms with van der Waals surface area (Å²) in [6.07, 6.45) is 3.40. The van der Waals surface area contributed by atoms with Gasteiger partial charge in [0.25, 0.3) is 0 Å². The fourth-order valence-corrected chi connectivity index (χ4v) is 3.19. The van der Waals surface area contributed by atoms with Crippen LogP contribution in [0.25, 0.3) is 6.08 Å². The minimum atomic E-state index is -0.255. The molecule has 0 bridgehead atoms. The maximum atomic E-state index is 12.3. The fourth-order valence-electron chi connectivity index (χ4n) is 3.19. The molecule has 0 aliphatic carbocycles. The third-order valence-electron chi connectivity index (χ3n) is 4.69. The molecule has 0 radical (unpaired) electrons. The highest BCUT2D eigenvalue weighted by atomic mass is 16.5. The van der Waals surface area contributed by atoms with Crippen LogP contribution in [0.5, 0.6) is 17.2 Å². The summed E-state index contributed by atoms with van der Waals surface area (Å²) in [5, 5.41) is 2.88. The summed E-state index contributed by atoms with van der Waals surface area (Å²) in [4.78, 5) is 26.3. The van der Waals surface area contributed by atoms with Crippen LogP contribution in [-0.2, 0) is 9.59 Å². The molecule has 1 N–H and O–H groups in total. The number of hydrogen-bond acceptors (Lipinski definition) is 5. The average molecular weight is 396 g/mol. The average Bonchev–Trinajstić information content (AvgIpc) is 3.11. The van der Waals surface area contributed by atoms with Crippen molar-refractivity contribution in [3.63, 3.8) is 0 Å². The second-order valence-electron chi connectivity index (χ2n) is 6.56. The van der Waals surface area contributed by atoms with Gasteiger partial charge in [-0.2, -0.15) is 0 Å². The van der Waals surface area contributed by atoms with Gasteiger partial charge in [-0.15, -0.1) is 0 Å². The van der Waals surface area contributed by atoms with Gasteiger partial charge in [0, 0.05) is 24.7 Å². The second-order valence-corrected chi connectivity index (χ2v) is 6.56. The van der Waals surface area contributed by atoms with Gasteiger partial charge < -0.3 is 24.4 Å². The first-order chi connectivity index (χ1) is 14.0. The molecule has 29 heavy (non-hydrogen) atoms. The molecule has 1 aliphatic heterocycles. The summed E-state index contributed by atoms with van der Waals surface area (Å²) >= 11 is 0. The Balaban J connectivity index is 1.59. The van der Waals surface area contributed by atoms with E-state index in [0.29, 0.717) is 18.0 Å². The Bertz CT molecular complexity index is 908. The Labute approximate surface area is 169 Å². The van der Waals surface area contributed by atoms with E-state index in [-0.39, 0.29) is 24.3 Å². The van der Waals surface area contributed by atoms with Crippen LogP contribution in [0.2, 0.25) is 0 Å². The quantitative estimate of drug-likeness (QED) is 0.728. The van der Waals surface area contributed by atoms with Crippen LogP contribution in [0.4, 0.5) is 5.69 Å². The molecule has 0 aromatic heterocycles. The van der Waals surface area contributed by atoms with Crippen LogP contribution in [0.15, 0.2) is 48.5 Å². The number of ether oxygens (including phenoxy) is 3. The Morgan fingerprint density at radius 2 is 1.76 bits per heavy atom. The largest absolute Gasteiger partial charge is 0.497 e. The van der Waals surface area contributed by atoms with Gasteiger partial charge in [-0.1, -0.05) is 6.07 Å². The van der Waals surface area contributed by atoms with Crippen LogP contribution in [0.1, 0.15) is 12.0 Å². The standard InChI is InChI=1S/C22H24N2O5/c1-27-18-8-6-17(7-9-18)24-14-16(13-22(24)26)23-21(25)11-5-15-4-10-19(28-2)20(12-15)29-3/h4-12,16H,13-14H2,1-3H3,(H,23,25)/b11-5-. The van der Waals surface area contributed by atoms with Crippen molar-refractivity contribution in [2.75, 3.05) is 32.8 Å². The zero-order valence-corrected chi connectivity index (χ0v) is 16.7. The van der Waals surface area contributed by atoms with Gasteiger partial charge in [-0.3, -0.25) is 9.59 Å². The van der Waals surface area contributed by atoms with Gasteiger partial charge in [0.05, 0.1) is 27.4 Å². The molecule has 1 aliphatic rings. The molecular formula is C22H24N2O5. The Kier molecular flexibility index (Phi) is 6.39. The van der Waals surface area contributed by atoms with Gasteiger partial charge in [-0.25, -0.2) is 0 Å². The van der Waals surface area contributed by atoms with Crippen LogP contribution >= 0.6 is 0 Å². The SMILES string of the molecule is COc1ccc(N2CC(NC(=O)/C=C\c3ccc(OC)c(OC)c3)CC2=O)cc1. The fraction of sp³-hybridized carbons (Fsp3) is 0.273. The monoisotopic (exact) mass is 396 g/mol. The van der Waals surface area contributed by atoms with E-state index in [4.69, 9.17) is 14.2 Å². The smallest absolute Gasteiger partial charge is 0.244 e. The molecule has 0 saturated carbocycles. The van der Waals surface area contributed by atoms with Gasteiger partial charge >= 0.3 is 0 Å². The number of carbonyl (C=O) groups is 2. The number of benzene rings is 2. The van der Waals surface area contributed by atoms with Crippen molar-refractivity contribution in [3.05, 3.63) is 54.1 Å². The Morgan fingerprint density at radius 3 is 2.41 bits per heavy atom. The molecule has 7 nitrogen and oxygen atoms in total. The number of hydrogen-bond donors (Lipinski definition) is 1. The predicted molar refractivity (Wildman–Crippen MR) is 110 cm³/mol. The lowest BCUT2D eigenvalue weighted by Gasteiger charge is -2.17. The van der Waals surface area contributed by atoms with Crippen LogP contribution in [-0.4, -0.2) is 45.7 Å². The first kappa shape index (κ1) is 20.3. The summed E-state index contributed by atoms with van der Waals surface area (Å²) in [6, 6.07) is 12.4. The van der Waals surface area contributed by atoms with E-state index in [2.05, 4.69) is 5.32 Å². The van der Waals surface area contributed by atoms with Gasteiger partial charge in [0.1, 0.15) is 5.75 Å². The predicted octanol–water partition coefficient (Wildman–Crippen LogP) is 2.65. The number of nitrogens with zero attached hydrogens (tertiary/aromatic N) is 1. The molecule has 1 atom stereocenters. The van der Waals surface area contributed by atoms with Gasteiger partial charge in [0.15, 0.2) is 11.5 Å². The summed E-state index contributed by atoms with van der Waals surface area (Å²) in [5.74, 6) is 1.66. The van der Waals surface area contributed by atoms with Crippen molar-refractivity contribution in [2.24, 2.45) is 0 Å². The molecule has 7 heteroatoms. The molecule has 1 unspecified atom stereocenters. The van der Waals surface area contributed by atoms with E-state index < -0.39 is 0 Å². The molecule has 0 spiro atoms. The molecule has 1 fully saturated rings. The van der Waals surface area contributed by atoms with E-state index in [1.54, 1.807) is 56.6 Å². The van der Waals surface area contributed by atoms with Crippen LogP contribution in [0, 0.1) is 0 Å². The maximum Gasteiger partial charge on any atom is 0.244 e. The molecule has 152 valence electrons. The molecule has 2 aromatic rings. The van der Waals surface area contributed by atoms with Crippen LogP contribution in [0.3, 0.4) is 0 Å². The van der Waals surface area contributed by atoms with Crippen molar-refractivity contribution in [1.82, 2.24) is 5.32 Å². The maximum absolute atomic E-state index is 12.3. The van der Waals surface area contributed by atoms with Gasteiger partial charge in [-0.05, 0) is 48.0 Å². The number of rotatable bonds is 7. The number of anilines is 1. The lowest BCUT2D eigenvalue weighted by atomic mass is 10.2. The Morgan fingerprint density at radius 1 is 1.03 bits per heavy atom. The third kappa shape index (κ3) is 4.87. The minimum Gasteiger partial charge on any atom is -0.497 e. The van der Waals surface area contributed by atoms with Crippen molar-refractivity contribution < 1.29 is 23.8 Å².